The average molecular weight is 267 g/mol. The van der Waals surface area contributed by atoms with Crippen molar-refractivity contribution in [3.05, 3.63) is 0 Å². The smallest absolute Gasteiger partial charge is 0.323 e. The second-order valence-electron chi connectivity index (χ2n) is 4.97. The second kappa shape index (κ2) is 5.98. The number of ether oxygens (including phenoxy) is 1. The highest BCUT2D eigenvalue weighted by molar-refractivity contribution is 5.36. The van der Waals surface area contributed by atoms with E-state index in [-0.39, 0.29) is 12.1 Å². The lowest BCUT2D eigenvalue weighted by Gasteiger charge is -2.14. The molecule has 2 heterocycles. The molecule has 1 atom stereocenters. The van der Waals surface area contributed by atoms with Gasteiger partial charge in [0, 0.05) is 12.6 Å². The Balaban J connectivity index is 2.10. The Morgan fingerprint density at radius 2 is 2.05 bits per heavy atom. The second-order valence-corrected chi connectivity index (χ2v) is 4.97. The van der Waals surface area contributed by atoms with Crippen LogP contribution >= 0.6 is 0 Å². The molecule has 0 amide bonds. The number of likely N-dealkylation sites (N-methyl/N-ethyl adjacent to an activating group) is 1. The largest absolute Gasteiger partial charge is 0.461 e. The zero-order valence-electron chi connectivity index (χ0n) is 11.6. The molecule has 2 rings (SSSR count). The molecule has 1 saturated heterocycles. The molecule has 1 unspecified atom stereocenters. The minimum atomic E-state index is -0.00140. The number of hydrogen-bond donors (Lipinski definition) is 3. The van der Waals surface area contributed by atoms with Gasteiger partial charge >= 0.3 is 6.01 Å². The van der Waals surface area contributed by atoms with Crippen molar-refractivity contribution >= 4 is 11.9 Å². The van der Waals surface area contributed by atoms with Crippen LogP contribution < -0.4 is 21.3 Å². The zero-order valence-corrected chi connectivity index (χ0v) is 11.6. The summed E-state index contributed by atoms with van der Waals surface area (Å²) in [6.45, 7) is 5.87. The summed E-state index contributed by atoms with van der Waals surface area (Å²) in [5.74, 6) is 6.13. The quantitative estimate of drug-likeness (QED) is 0.508. The molecule has 8 nitrogen and oxygen atoms in total. The Bertz CT molecular complexity index is 426. The van der Waals surface area contributed by atoms with Crippen LogP contribution in [0.5, 0.6) is 6.01 Å². The SMILES string of the molecule is CC(C)Oc1nc(NN)nc(NC2CCN(C)C2)n1. The summed E-state index contributed by atoms with van der Waals surface area (Å²) in [6, 6.07) is 0.608. The zero-order chi connectivity index (χ0) is 13.8. The molecule has 1 aliphatic rings. The van der Waals surface area contributed by atoms with Crippen molar-refractivity contribution in [3.63, 3.8) is 0 Å². The predicted octanol–water partition coefficient (Wildman–Crippen LogP) is 0.0604. The van der Waals surface area contributed by atoms with Crippen LogP contribution in [0.3, 0.4) is 0 Å². The number of aromatic nitrogens is 3. The average Bonchev–Trinajstić information content (AvgIpc) is 2.73. The Labute approximate surface area is 112 Å². The molecule has 0 aliphatic carbocycles. The number of anilines is 2. The van der Waals surface area contributed by atoms with Gasteiger partial charge in [-0.2, -0.15) is 15.0 Å². The highest BCUT2D eigenvalue weighted by Gasteiger charge is 2.20. The van der Waals surface area contributed by atoms with Gasteiger partial charge in [0.25, 0.3) is 0 Å². The van der Waals surface area contributed by atoms with Crippen LogP contribution in [0.1, 0.15) is 20.3 Å². The van der Waals surface area contributed by atoms with E-state index in [2.05, 4.69) is 37.6 Å². The van der Waals surface area contributed by atoms with Crippen LogP contribution in [-0.4, -0.2) is 52.1 Å². The molecule has 0 aromatic carbocycles. The molecule has 1 aromatic rings. The number of hydrogen-bond acceptors (Lipinski definition) is 8. The lowest BCUT2D eigenvalue weighted by molar-refractivity contribution is 0.222. The summed E-state index contributed by atoms with van der Waals surface area (Å²) in [5, 5.41) is 3.28. The van der Waals surface area contributed by atoms with Crippen molar-refractivity contribution in [2.45, 2.75) is 32.4 Å². The van der Waals surface area contributed by atoms with Crippen molar-refractivity contribution in [2.75, 3.05) is 30.9 Å². The third kappa shape index (κ3) is 3.90. The third-order valence-electron chi connectivity index (χ3n) is 2.81. The normalized spacial score (nSPS) is 19.7. The number of nitrogen functional groups attached to an aromatic ring is 1. The molecule has 4 N–H and O–H groups in total. The third-order valence-corrected chi connectivity index (χ3v) is 2.81. The number of nitrogens with one attached hydrogen (secondary N) is 2. The summed E-state index contributed by atoms with van der Waals surface area (Å²) in [5.41, 5.74) is 2.42. The molecule has 1 fully saturated rings. The van der Waals surface area contributed by atoms with E-state index in [0.717, 1.165) is 19.5 Å². The maximum atomic E-state index is 5.47. The number of rotatable bonds is 5. The fourth-order valence-electron chi connectivity index (χ4n) is 1.98. The van der Waals surface area contributed by atoms with Crippen molar-refractivity contribution in [1.29, 1.82) is 0 Å². The standard InChI is InChI=1S/C11H21N7O/c1-7(2)19-11-15-9(14-10(16-11)17-12)13-8-4-5-18(3)6-8/h7-8H,4-6,12H2,1-3H3,(H2,13,14,15,16,17). The van der Waals surface area contributed by atoms with Gasteiger partial charge in [-0.3, -0.25) is 5.43 Å². The number of likely N-dealkylation sites (tertiary alicyclic amines) is 1. The Morgan fingerprint density at radius 3 is 2.63 bits per heavy atom. The number of nitrogens with zero attached hydrogens (tertiary/aromatic N) is 4. The minimum Gasteiger partial charge on any atom is -0.461 e. The van der Waals surface area contributed by atoms with E-state index in [1.807, 2.05) is 13.8 Å². The van der Waals surface area contributed by atoms with E-state index < -0.39 is 0 Å². The lowest BCUT2D eigenvalue weighted by atomic mass is 10.3. The van der Waals surface area contributed by atoms with E-state index in [4.69, 9.17) is 10.6 Å². The van der Waals surface area contributed by atoms with Gasteiger partial charge in [0.2, 0.25) is 11.9 Å². The molecule has 1 aromatic heterocycles. The molecule has 1 aliphatic heterocycles. The van der Waals surface area contributed by atoms with Crippen LogP contribution in [0.2, 0.25) is 0 Å². The van der Waals surface area contributed by atoms with Crippen LogP contribution in [0, 0.1) is 0 Å². The summed E-state index contributed by atoms with van der Waals surface area (Å²) in [6.07, 6.45) is 1.06. The molecule has 19 heavy (non-hydrogen) atoms. The first-order valence-electron chi connectivity index (χ1n) is 6.41. The van der Waals surface area contributed by atoms with E-state index >= 15 is 0 Å². The van der Waals surface area contributed by atoms with Crippen LogP contribution in [-0.2, 0) is 0 Å². The van der Waals surface area contributed by atoms with Crippen LogP contribution in [0.25, 0.3) is 0 Å². The summed E-state index contributed by atoms with van der Waals surface area (Å²) >= 11 is 0. The van der Waals surface area contributed by atoms with Crippen molar-refractivity contribution in [1.82, 2.24) is 19.9 Å². The van der Waals surface area contributed by atoms with Gasteiger partial charge in [0.05, 0.1) is 6.10 Å². The van der Waals surface area contributed by atoms with Crippen LogP contribution in [0.15, 0.2) is 0 Å². The molecule has 8 heteroatoms. The molecular formula is C11H21N7O. The van der Waals surface area contributed by atoms with Crippen molar-refractivity contribution in [3.8, 4) is 6.01 Å². The maximum Gasteiger partial charge on any atom is 0.323 e. The first-order chi connectivity index (χ1) is 9.06. The molecule has 0 bridgehead atoms. The van der Waals surface area contributed by atoms with Gasteiger partial charge in [-0.25, -0.2) is 5.84 Å². The Morgan fingerprint density at radius 1 is 1.32 bits per heavy atom. The molecular weight excluding hydrogens is 246 g/mol. The highest BCUT2D eigenvalue weighted by Crippen LogP contribution is 2.15. The summed E-state index contributed by atoms with van der Waals surface area (Å²) < 4.78 is 5.47. The molecule has 0 radical (unpaired) electrons. The fraction of sp³-hybridized carbons (Fsp3) is 0.727. The van der Waals surface area contributed by atoms with E-state index in [1.54, 1.807) is 0 Å². The van der Waals surface area contributed by atoms with Gasteiger partial charge in [-0.1, -0.05) is 0 Å². The first kappa shape index (κ1) is 13.8. The summed E-state index contributed by atoms with van der Waals surface area (Å²) in [7, 11) is 2.09. The maximum absolute atomic E-state index is 5.47. The first-order valence-corrected chi connectivity index (χ1v) is 6.41. The van der Waals surface area contributed by atoms with Gasteiger partial charge in [0.15, 0.2) is 0 Å². The lowest BCUT2D eigenvalue weighted by Crippen LogP contribution is -2.25. The molecule has 0 spiro atoms. The monoisotopic (exact) mass is 267 g/mol. The van der Waals surface area contributed by atoms with E-state index in [0.29, 0.717) is 17.9 Å². The minimum absolute atomic E-state index is 0.00140. The van der Waals surface area contributed by atoms with Crippen LogP contribution in [0.4, 0.5) is 11.9 Å². The summed E-state index contributed by atoms with van der Waals surface area (Å²) in [4.78, 5) is 14.7. The predicted molar refractivity (Wildman–Crippen MR) is 72.9 cm³/mol. The van der Waals surface area contributed by atoms with Gasteiger partial charge < -0.3 is 15.0 Å². The Hall–Kier alpha value is -1.67. The van der Waals surface area contributed by atoms with Gasteiger partial charge in [0.1, 0.15) is 0 Å². The van der Waals surface area contributed by atoms with E-state index in [9.17, 15) is 0 Å². The highest BCUT2D eigenvalue weighted by atomic mass is 16.5. The van der Waals surface area contributed by atoms with Crippen molar-refractivity contribution in [2.24, 2.45) is 5.84 Å². The van der Waals surface area contributed by atoms with Gasteiger partial charge in [-0.05, 0) is 33.9 Å². The topological polar surface area (TPSA) is 101 Å². The van der Waals surface area contributed by atoms with Crippen molar-refractivity contribution < 1.29 is 4.74 Å². The number of hydrazine groups is 1. The molecule has 106 valence electrons. The van der Waals surface area contributed by atoms with Gasteiger partial charge in [-0.15, -0.1) is 0 Å². The number of nitrogens with two attached hydrogens (primary N) is 1. The molecule has 0 saturated carbocycles. The van der Waals surface area contributed by atoms with E-state index in [1.165, 1.54) is 0 Å². The fourth-order valence-corrected chi connectivity index (χ4v) is 1.98. The Kier molecular flexibility index (Phi) is 4.33.